The SMILES string of the molecule is CCCOC(=O)/C(=C(C)/C=C/N(C)C)S(=O)(=O)c1ccc(C)cc1. The van der Waals surface area contributed by atoms with Crippen LogP contribution < -0.4 is 0 Å². The summed E-state index contributed by atoms with van der Waals surface area (Å²) in [6.45, 7) is 5.49. The number of sulfone groups is 1. The molecule has 0 amide bonds. The van der Waals surface area contributed by atoms with Crippen LogP contribution in [0.1, 0.15) is 25.8 Å². The molecule has 132 valence electrons. The second kappa shape index (κ2) is 8.68. The molecule has 0 fully saturated rings. The average molecular weight is 351 g/mol. The van der Waals surface area contributed by atoms with Gasteiger partial charge in [-0.25, -0.2) is 13.2 Å². The molecule has 0 saturated heterocycles. The molecule has 1 aromatic rings. The molecule has 0 heterocycles. The van der Waals surface area contributed by atoms with Crippen LogP contribution in [0.3, 0.4) is 0 Å². The lowest BCUT2D eigenvalue weighted by molar-refractivity contribution is -0.138. The van der Waals surface area contributed by atoms with Crippen LogP contribution >= 0.6 is 0 Å². The molecule has 0 aliphatic carbocycles. The van der Waals surface area contributed by atoms with Crippen LogP contribution in [0.2, 0.25) is 0 Å². The maximum absolute atomic E-state index is 12.9. The Bertz CT molecular complexity index is 729. The predicted molar refractivity (Wildman–Crippen MR) is 95.1 cm³/mol. The molecule has 0 N–H and O–H groups in total. The lowest BCUT2D eigenvalue weighted by atomic mass is 10.2. The Labute approximate surface area is 144 Å². The standard InChI is InChI=1S/C18H25NO4S/c1-6-13-23-18(20)17(15(3)11-12-19(4)5)24(21,22)16-9-7-14(2)8-10-16/h7-12H,6,13H2,1-5H3/b12-11+,17-15-. The Hall–Kier alpha value is -2.08. The number of carbonyl (C=O) groups excluding carboxylic acids is 1. The maximum Gasteiger partial charge on any atom is 0.350 e. The third-order valence-corrected chi connectivity index (χ3v) is 5.12. The molecule has 24 heavy (non-hydrogen) atoms. The zero-order valence-electron chi connectivity index (χ0n) is 14.9. The van der Waals surface area contributed by atoms with Crippen LogP contribution in [0, 0.1) is 6.92 Å². The summed E-state index contributed by atoms with van der Waals surface area (Å²) >= 11 is 0. The molecular weight excluding hydrogens is 326 g/mol. The number of rotatable bonds is 7. The van der Waals surface area contributed by atoms with Gasteiger partial charge in [0, 0.05) is 14.1 Å². The van der Waals surface area contributed by atoms with Crippen molar-refractivity contribution in [3.05, 3.63) is 52.6 Å². The van der Waals surface area contributed by atoms with E-state index in [1.807, 2.05) is 27.9 Å². The molecule has 6 heteroatoms. The van der Waals surface area contributed by atoms with E-state index in [1.54, 1.807) is 36.2 Å². The number of aryl methyl sites for hydroxylation is 1. The third-order valence-electron chi connectivity index (χ3n) is 3.20. The van der Waals surface area contributed by atoms with Crippen LogP contribution in [0.15, 0.2) is 51.9 Å². The van der Waals surface area contributed by atoms with Crippen LogP contribution in [0.25, 0.3) is 0 Å². The minimum absolute atomic E-state index is 0.0779. The van der Waals surface area contributed by atoms with E-state index >= 15 is 0 Å². The first kappa shape index (κ1) is 20.0. The smallest absolute Gasteiger partial charge is 0.350 e. The summed E-state index contributed by atoms with van der Waals surface area (Å²) in [4.78, 5) is 13.9. The normalized spacial score (nSPS) is 12.9. The second-order valence-electron chi connectivity index (χ2n) is 5.74. The molecule has 0 aliphatic rings. The van der Waals surface area contributed by atoms with Crippen molar-refractivity contribution < 1.29 is 17.9 Å². The molecule has 0 bridgehead atoms. The molecule has 0 unspecified atom stereocenters. The third kappa shape index (κ3) is 5.23. The molecule has 0 spiro atoms. The number of hydrogen-bond acceptors (Lipinski definition) is 5. The van der Waals surface area contributed by atoms with Gasteiger partial charge in [0.25, 0.3) is 0 Å². The number of nitrogens with zero attached hydrogens (tertiary/aromatic N) is 1. The van der Waals surface area contributed by atoms with E-state index < -0.39 is 15.8 Å². The highest BCUT2D eigenvalue weighted by atomic mass is 32.2. The van der Waals surface area contributed by atoms with Gasteiger partial charge in [-0.15, -0.1) is 0 Å². The number of carbonyl (C=O) groups is 1. The number of allylic oxidation sites excluding steroid dienone is 2. The molecule has 0 atom stereocenters. The molecular formula is C18H25NO4S. The Morgan fingerprint density at radius 1 is 1.21 bits per heavy atom. The average Bonchev–Trinajstić information content (AvgIpc) is 2.51. The van der Waals surface area contributed by atoms with E-state index in [0.29, 0.717) is 12.0 Å². The zero-order valence-corrected chi connectivity index (χ0v) is 15.7. The van der Waals surface area contributed by atoms with E-state index in [-0.39, 0.29) is 16.4 Å². The molecule has 0 aliphatic heterocycles. The Kier molecular flexibility index (Phi) is 7.22. The van der Waals surface area contributed by atoms with Crippen molar-refractivity contribution in [1.29, 1.82) is 0 Å². The fourth-order valence-corrected chi connectivity index (χ4v) is 3.42. The summed E-state index contributed by atoms with van der Waals surface area (Å²) in [6.07, 6.45) is 3.90. The van der Waals surface area contributed by atoms with Crippen molar-refractivity contribution >= 4 is 15.8 Å². The van der Waals surface area contributed by atoms with Crippen molar-refractivity contribution in [3.63, 3.8) is 0 Å². The minimum Gasteiger partial charge on any atom is -0.462 e. The van der Waals surface area contributed by atoms with Crippen LogP contribution in [-0.2, 0) is 19.4 Å². The van der Waals surface area contributed by atoms with Gasteiger partial charge in [0.2, 0.25) is 9.84 Å². The highest BCUT2D eigenvalue weighted by Crippen LogP contribution is 2.24. The van der Waals surface area contributed by atoms with Gasteiger partial charge in [0.15, 0.2) is 4.91 Å². The predicted octanol–water partition coefficient (Wildman–Crippen LogP) is 3.07. The number of ether oxygens (including phenoxy) is 1. The molecule has 0 aromatic heterocycles. The summed E-state index contributed by atoms with van der Waals surface area (Å²) in [5.41, 5.74) is 1.28. The second-order valence-corrected chi connectivity index (χ2v) is 7.63. The van der Waals surface area contributed by atoms with Gasteiger partial charge in [0.05, 0.1) is 11.5 Å². The molecule has 1 rings (SSSR count). The zero-order chi connectivity index (χ0) is 18.3. The first-order chi connectivity index (χ1) is 11.2. The van der Waals surface area contributed by atoms with Crippen LogP contribution in [0.5, 0.6) is 0 Å². The lowest BCUT2D eigenvalue weighted by Gasteiger charge is -2.12. The van der Waals surface area contributed by atoms with E-state index in [0.717, 1.165) is 5.56 Å². The van der Waals surface area contributed by atoms with E-state index in [9.17, 15) is 13.2 Å². The van der Waals surface area contributed by atoms with Gasteiger partial charge in [-0.05, 0) is 50.3 Å². The van der Waals surface area contributed by atoms with Gasteiger partial charge in [-0.3, -0.25) is 0 Å². The topological polar surface area (TPSA) is 63.7 Å². The fraction of sp³-hybridized carbons (Fsp3) is 0.389. The number of esters is 1. The summed E-state index contributed by atoms with van der Waals surface area (Å²) in [7, 11) is -0.334. The van der Waals surface area contributed by atoms with Crippen LogP contribution in [0.4, 0.5) is 0 Å². The largest absolute Gasteiger partial charge is 0.462 e. The minimum atomic E-state index is -3.96. The van der Waals surface area contributed by atoms with E-state index in [4.69, 9.17) is 4.74 Å². The van der Waals surface area contributed by atoms with Gasteiger partial charge in [-0.1, -0.05) is 24.6 Å². The van der Waals surface area contributed by atoms with Crippen molar-refractivity contribution in [2.24, 2.45) is 0 Å². The number of benzene rings is 1. The molecule has 0 saturated carbocycles. The quantitative estimate of drug-likeness (QED) is 0.429. The van der Waals surface area contributed by atoms with Crippen molar-refractivity contribution in [2.75, 3.05) is 20.7 Å². The monoisotopic (exact) mass is 351 g/mol. The molecule has 0 radical (unpaired) electrons. The number of hydrogen-bond donors (Lipinski definition) is 0. The summed E-state index contributed by atoms with van der Waals surface area (Å²) < 4.78 is 30.9. The fourth-order valence-electron chi connectivity index (χ4n) is 1.91. The first-order valence-corrected chi connectivity index (χ1v) is 9.22. The lowest BCUT2D eigenvalue weighted by Crippen LogP contribution is -2.19. The van der Waals surface area contributed by atoms with E-state index in [1.165, 1.54) is 12.1 Å². The summed E-state index contributed by atoms with van der Waals surface area (Å²) in [6, 6.07) is 6.40. The highest BCUT2D eigenvalue weighted by molar-refractivity contribution is 7.96. The van der Waals surface area contributed by atoms with Gasteiger partial charge < -0.3 is 9.64 Å². The first-order valence-electron chi connectivity index (χ1n) is 7.74. The van der Waals surface area contributed by atoms with Gasteiger partial charge in [0.1, 0.15) is 0 Å². The summed E-state index contributed by atoms with van der Waals surface area (Å²) in [5, 5.41) is 0. The van der Waals surface area contributed by atoms with Crippen LogP contribution in [-0.4, -0.2) is 40.0 Å². The van der Waals surface area contributed by atoms with Crippen molar-refractivity contribution in [1.82, 2.24) is 4.90 Å². The molecule has 1 aromatic carbocycles. The maximum atomic E-state index is 12.9. The van der Waals surface area contributed by atoms with E-state index in [2.05, 4.69) is 0 Å². The molecule has 5 nitrogen and oxygen atoms in total. The highest BCUT2D eigenvalue weighted by Gasteiger charge is 2.30. The summed E-state index contributed by atoms with van der Waals surface area (Å²) in [5.74, 6) is -0.821. The Balaban J connectivity index is 3.43. The van der Waals surface area contributed by atoms with Crippen molar-refractivity contribution in [3.8, 4) is 0 Å². The Morgan fingerprint density at radius 2 is 1.79 bits per heavy atom. The Morgan fingerprint density at radius 3 is 2.29 bits per heavy atom. The van der Waals surface area contributed by atoms with Gasteiger partial charge in [-0.2, -0.15) is 0 Å². The van der Waals surface area contributed by atoms with Crippen molar-refractivity contribution in [2.45, 2.75) is 32.1 Å². The van der Waals surface area contributed by atoms with Gasteiger partial charge >= 0.3 is 5.97 Å².